The highest BCUT2D eigenvalue weighted by atomic mass is 32.2. The number of hydrogen-bond donors (Lipinski definition) is 0. The van der Waals surface area contributed by atoms with Crippen LogP contribution < -0.4 is 0 Å². The smallest absolute Gasteiger partial charge is 0.306 e. The van der Waals surface area contributed by atoms with E-state index in [9.17, 15) is 23.6 Å². The van der Waals surface area contributed by atoms with Crippen LogP contribution in [0.15, 0.2) is 23.8 Å². The summed E-state index contributed by atoms with van der Waals surface area (Å²) in [5.74, 6) is -4.11. The summed E-state index contributed by atoms with van der Waals surface area (Å²) in [4.78, 5) is 51.0. The second-order valence-corrected chi connectivity index (χ2v) is 12.3. The van der Waals surface area contributed by atoms with Crippen molar-refractivity contribution in [2.75, 3.05) is 6.01 Å². The molecule has 0 aliphatic heterocycles. The third-order valence-electron chi connectivity index (χ3n) is 9.76. The molecular weight excluding hydrogens is 521 g/mol. The Morgan fingerprint density at radius 1 is 1.11 bits per heavy atom. The molecule has 9 unspecified atom stereocenters. The normalized spacial score (nSPS) is 43.4. The predicted octanol–water partition coefficient (Wildman–Crippen LogP) is 5.39. The first-order valence-electron chi connectivity index (χ1n) is 13.2. The van der Waals surface area contributed by atoms with Crippen molar-refractivity contribution in [1.82, 2.24) is 0 Å². The number of rotatable bonds is 6. The molecule has 3 saturated carbocycles. The highest BCUT2D eigenvalue weighted by Crippen LogP contribution is 2.72. The Hall–Kier alpha value is -2.10. The van der Waals surface area contributed by atoms with E-state index in [1.165, 1.54) is 19.1 Å². The first-order chi connectivity index (χ1) is 17.8. The Balaban J connectivity index is 1.94. The number of hydrogen-bond acceptors (Lipinski definition) is 7. The van der Waals surface area contributed by atoms with Gasteiger partial charge < -0.3 is 9.47 Å². The van der Waals surface area contributed by atoms with Gasteiger partial charge in [-0.05, 0) is 61.6 Å². The minimum Gasteiger partial charge on any atom is -0.459 e. The molecule has 6 nitrogen and oxygen atoms in total. The van der Waals surface area contributed by atoms with Gasteiger partial charge in [0, 0.05) is 35.5 Å². The fourth-order valence-corrected chi connectivity index (χ4v) is 8.75. The fourth-order valence-electron chi connectivity index (χ4n) is 7.96. The van der Waals surface area contributed by atoms with Crippen molar-refractivity contribution in [2.24, 2.45) is 28.6 Å². The molecule has 0 amide bonds. The highest BCUT2D eigenvalue weighted by Gasteiger charge is 2.79. The van der Waals surface area contributed by atoms with Crippen LogP contribution in [0, 0.1) is 28.6 Å². The third kappa shape index (κ3) is 3.75. The molecule has 38 heavy (non-hydrogen) atoms. The third-order valence-corrected chi connectivity index (χ3v) is 10.4. The maximum absolute atomic E-state index is 18.0. The van der Waals surface area contributed by atoms with Gasteiger partial charge in [-0.3, -0.25) is 19.2 Å². The second kappa shape index (κ2) is 9.82. The molecule has 0 bridgehead atoms. The second-order valence-electron chi connectivity index (χ2n) is 11.4. The quantitative estimate of drug-likeness (QED) is 0.406. The molecule has 0 N–H and O–H groups in total. The minimum absolute atomic E-state index is 0.00341. The number of alkyl halides is 3. The average molecular weight is 557 g/mol. The van der Waals surface area contributed by atoms with Crippen LogP contribution in [0.25, 0.3) is 0 Å². The zero-order chi connectivity index (χ0) is 28.3. The zero-order valence-corrected chi connectivity index (χ0v) is 23.2. The largest absolute Gasteiger partial charge is 0.459 e. The Labute approximate surface area is 225 Å². The van der Waals surface area contributed by atoms with Crippen molar-refractivity contribution in [3.05, 3.63) is 23.8 Å². The van der Waals surface area contributed by atoms with Crippen LogP contribution in [0.3, 0.4) is 0 Å². The lowest BCUT2D eigenvalue weighted by molar-refractivity contribution is -0.237. The van der Waals surface area contributed by atoms with E-state index in [0.29, 0.717) is 11.8 Å². The molecule has 0 aromatic rings. The number of thioether (sulfide) groups is 1. The number of esters is 2. The molecule has 0 radical (unpaired) electrons. The molecule has 210 valence electrons. The van der Waals surface area contributed by atoms with Crippen molar-refractivity contribution >= 4 is 34.6 Å². The number of carbonyl (C=O) groups is 4. The van der Waals surface area contributed by atoms with Gasteiger partial charge in [0.2, 0.25) is 5.12 Å². The van der Waals surface area contributed by atoms with E-state index in [1.807, 2.05) is 0 Å². The maximum atomic E-state index is 18.0. The van der Waals surface area contributed by atoms with Gasteiger partial charge in [-0.2, -0.15) is 0 Å². The fraction of sp³-hybridized carbons (Fsp3) is 0.714. The van der Waals surface area contributed by atoms with E-state index in [-0.39, 0.29) is 37.7 Å². The molecular formula is C28H35F3O6S. The van der Waals surface area contributed by atoms with Gasteiger partial charge in [0.25, 0.3) is 0 Å². The van der Waals surface area contributed by atoms with Crippen molar-refractivity contribution in [3.63, 3.8) is 0 Å². The highest BCUT2D eigenvalue weighted by molar-refractivity contribution is 8.13. The van der Waals surface area contributed by atoms with Crippen LogP contribution in [0.4, 0.5) is 13.2 Å². The van der Waals surface area contributed by atoms with Crippen LogP contribution in [0.2, 0.25) is 0 Å². The number of carbonyl (C=O) groups excluding carboxylic acids is 4. The van der Waals surface area contributed by atoms with Gasteiger partial charge in [0.05, 0.1) is 0 Å². The summed E-state index contributed by atoms with van der Waals surface area (Å²) in [6.07, 6.45) is 0.268. The number of halogens is 3. The molecule has 4 rings (SSSR count). The lowest BCUT2D eigenvalue weighted by atomic mass is 9.44. The molecule has 4 aliphatic rings. The van der Waals surface area contributed by atoms with Crippen LogP contribution in [-0.2, 0) is 28.7 Å². The van der Waals surface area contributed by atoms with E-state index in [0.717, 1.165) is 6.08 Å². The first kappa shape index (κ1) is 28.9. The van der Waals surface area contributed by atoms with Gasteiger partial charge in [0.1, 0.15) is 18.3 Å². The zero-order valence-electron chi connectivity index (χ0n) is 22.4. The summed E-state index contributed by atoms with van der Waals surface area (Å²) >= 11 is 0.388. The summed E-state index contributed by atoms with van der Waals surface area (Å²) in [5, 5.41) is -0.686. The van der Waals surface area contributed by atoms with Gasteiger partial charge in [-0.15, -0.1) is 0 Å². The topological polar surface area (TPSA) is 86.7 Å². The number of ether oxygens (including phenoxy) is 2. The van der Waals surface area contributed by atoms with E-state index < -0.39 is 81.0 Å². The van der Waals surface area contributed by atoms with Crippen molar-refractivity contribution < 1.29 is 41.8 Å². The summed E-state index contributed by atoms with van der Waals surface area (Å²) in [6.45, 7) is 8.05. The van der Waals surface area contributed by atoms with Crippen molar-refractivity contribution in [1.29, 1.82) is 0 Å². The molecule has 0 spiro atoms. The monoisotopic (exact) mass is 556 g/mol. The maximum Gasteiger partial charge on any atom is 0.306 e. The van der Waals surface area contributed by atoms with Gasteiger partial charge in [-0.25, -0.2) is 13.2 Å². The standard InChI is InChI=1S/C28H35F3O6S/c1-6-22(33)36-21-13-26(5)17(10-15(3)28(26,24(35)38-14-29)37-23(34)7-2)18-12-20(30)19-11-16(32)8-9-25(19,4)27(18,21)31/h8-9,11,15,17-18,20-21H,6-7,10,12-14H2,1-5H3. The lowest BCUT2D eigenvalue weighted by Gasteiger charge is -2.63. The molecule has 0 heterocycles. The van der Waals surface area contributed by atoms with Crippen molar-refractivity contribution in [3.8, 4) is 0 Å². The van der Waals surface area contributed by atoms with Gasteiger partial charge in [-0.1, -0.05) is 33.8 Å². The van der Waals surface area contributed by atoms with Gasteiger partial charge >= 0.3 is 11.9 Å². The van der Waals surface area contributed by atoms with E-state index >= 15 is 8.78 Å². The molecule has 10 heteroatoms. The molecule has 0 aromatic heterocycles. The number of fused-ring (bicyclic) bond motifs is 5. The lowest BCUT2D eigenvalue weighted by Crippen LogP contribution is -2.71. The van der Waals surface area contributed by atoms with Crippen LogP contribution in [0.5, 0.6) is 0 Å². The molecule has 0 aromatic carbocycles. The molecule has 4 aliphatic carbocycles. The van der Waals surface area contributed by atoms with E-state index in [1.54, 1.807) is 27.7 Å². The van der Waals surface area contributed by atoms with E-state index in [4.69, 9.17) is 9.47 Å². The SMILES string of the molecule is CCC(=O)OC1CC2(C)C(CC(C)C2(OC(=O)CC)C(=O)SCF)C2CC(F)C3=CC(=O)C=CC3(C)C12F. The minimum atomic E-state index is -2.31. The van der Waals surface area contributed by atoms with Crippen molar-refractivity contribution in [2.45, 2.75) is 90.3 Å². The van der Waals surface area contributed by atoms with Crippen LogP contribution >= 0.6 is 11.8 Å². The summed E-state index contributed by atoms with van der Waals surface area (Å²) in [5.41, 5.74) is -6.99. The van der Waals surface area contributed by atoms with Crippen LogP contribution in [-0.4, -0.2) is 52.4 Å². The Morgan fingerprint density at radius 2 is 1.76 bits per heavy atom. The van der Waals surface area contributed by atoms with Crippen LogP contribution in [0.1, 0.15) is 66.7 Å². The molecule has 0 saturated heterocycles. The summed E-state index contributed by atoms with van der Waals surface area (Å²) in [7, 11) is 0. The molecule has 9 atom stereocenters. The van der Waals surface area contributed by atoms with E-state index in [2.05, 4.69) is 0 Å². The Morgan fingerprint density at radius 3 is 2.37 bits per heavy atom. The number of allylic oxidation sites excluding steroid dienone is 4. The average Bonchev–Trinajstić information content (AvgIpc) is 3.09. The first-order valence-corrected chi connectivity index (χ1v) is 14.2. The predicted molar refractivity (Wildman–Crippen MR) is 135 cm³/mol. The summed E-state index contributed by atoms with van der Waals surface area (Å²) < 4.78 is 58.9. The molecule has 3 fully saturated rings. The van der Waals surface area contributed by atoms with Gasteiger partial charge in [0.15, 0.2) is 17.1 Å². The Kier molecular flexibility index (Phi) is 7.47. The Bertz CT molecular complexity index is 1110. The summed E-state index contributed by atoms with van der Waals surface area (Å²) in [6, 6.07) is -1.04. The number of ketones is 1.